The molecule has 206 valence electrons. The van der Waals surface area contributed by atoms with E-state index in [1.54, 1.807) is 31.3 Å². The zero-order chi connectivity index (χ0) is 28.8. The van der Waals surface area contributed by atoms with Gasteiger partial charge in [-0.25, -0.2) is 9.37 Å². The van der Waals surface area contributed by atoms with Crippen LogP contribution >= 0.6 is 0 Å². The van der Waals surface area contributed by atoms with Crippen molar-refractivity contribution in [3.63, 3.8) is 0 Å². The molecule has 1 fully saturated rings. The van der Waals surface area contributed by atoms with E-state index >= 15 is 0 Å². The molecule has 0 N–H and O–H groups in total. The van der Waals surface area contributed by atoms with E-state index in [9.17, 15) is 27.6 Å². The number of hydrogen-bond acceptors (Lipinski definition) is 5. The van der Waals surface area contributed by atoms with Gasteiger partial charge in [0, 0.05) is 38.3 Å². The predicted molar refractivity (Wildman–Crippen MR) is 144 cm³/mol. The van der Waals surface area contributed by atoms with Crippen molar-refractivity contribution in [1.29, 1.82) is 5.26 Å². The summed E-state index contributed by atoms with van der Waals surface area (Å²) in [6, 6.07) is 17.3. The van der Waals surface area contributed by atoms with Crippen LogP contribution < -0.4 is 10.5 Å². The highest BCUT2D eigenvalue weighted by Gasteiger charge is 2.37. The smallest absolute Gasteiger partial charge is 0.364 e. The van der Waals surface area contributed by atoms with Crippen LogP contribution in [0.2, 0.25) is 0 Å². The van der Waals surface area contributed by atoms with E-state index in [0.717, 1.165) is 17.7 Å². The summed E-state index contributed by atoms with van der Waals surface area (Å²) < 4.78 is 55.1. The Morgan fingerprint density at radius 2 is 1.57 bits per heavy atom. The number of benzene rings is 2. The Kier molecular flexibility index (Phi) is 7.10. The standard InChI is InChI=1S/C30H27F4N5O/c1-18-17-39(29(21-6-10-23(31)11-7-21)20-4-8-22(9-5-20)30(32,33)34)19(2)16-38(18)26-14-27(40)37(3)25-13-12-24(15-35)36-28(25)26/h4-14,18-19,29H,16-17H2,1-3H3/t18-,19+,29?/m0/s1. The summed E-state index contributed by atoms with van der Waals surface area (Å²) in [4.78, 5) is 21.6. The van der Waals surface area contributed by atoms with E-state index < -0.39 is 23.6 Å². The van der Waals surface area contributed by atoms with Crippen molar-refractivity contribution < 1.29 is 17.6 Å². The van der Waals surface area contributed by atoms with E-state index in [2.05, 4.69) is 20.9 Å². The molecule has 0 amide bonds. The van der Waals surface area contributed by atoms with Crippen LogP contribution in [0.25, 0.3) is 11.0 Å². The number of aryl methyl sites for hydroxylation is 1. The minimum absolute atomic E-state index is 0.119. The van der Waals surface area contributed by atoms with Gasteiger partial charge in [0.2, 0.25) is 0 Å². The normalized spacial score (nSPS) is 19.0. The molecule has 1 aliphatic rings. The first kappa shape index (κ1) is 27.3. The Labute approximate surface area is 228 Å². The minimum atomic E-state index is -4.45. The second-order valence-corrected chi connectivity index (χ2v) is 10.2. The topological polar surface area (TPSA) is 65.2 Å². The summed E-state index contributed by atoms with van der Waals surface area (Å²) >= 11 is 0. The van der Waals surface area contributed by atoms with Crippen molar-refractivity contribution in [2.24, 2.45) is 7.05 Å². The van der Waals surface area contributed by atoms with Crippen molar-refractivity contribution in [3.05, 3.63) is 105 Å². The highest BCUT2D eigenvalue weighted by atomic mass is 19.4. The summed E-state index contributed by atoms with van der Waals surface area (Å²) in [6.45, 7) is 5.00. The Hall–Kier alpha value is -4.23. The summed E-state index contributed by atoms with van der Waals surface area (Å²) in [5.41, 5.74) is 2.50. The van der Waals surface area contributed by atoms with E-state index in [4.69, 9.17) is 0 Å². The average molecular weight is 550 g/mol. The van der Waals surface area contributed by atoms with Crippen LogP contribution in [0.4, 0.5) is 23.2 Å². The minimum Gasteiger partial charge on any atom is -0.364 e. The molecule has 10 heteroatoms. The molecule has 0 saturated carbocycles. The lowest BCUT2D eigenvalue weighted by molar-refractivity contribution is -0.137. The third-order valence-electron chi connectivity index (χ3n) is 7.60. The van der Waals surface area contributed by atoms with Gasteiger partial charge < -0.3 is 9.47 Å². The van der Waals surface area contributed by atoms with Gasteiger partial charge in [0.1, 0.15) is 23.1 Å². The van der Waals surface area contributed by atoms with Gasteiger partial charge in [0.25, 0.3) is 5.56 Å². The van der Waals surface area contributed by atoms with Crippen LogP contribution in [-0.2, 0) is 13.2 Å². The molecule has 1 unspecified atom stereocenters. The number of nitrogens with zero attached hydrogens (tertiary/aromatic N) is 5. The van der Waals surface area contributed by atoms with Gasteiger partial charge in [0.05, 0.1) is 22.8 Å². The van der Waals surface area contributed by atoms with Crippen molar-refractivity contribution in [2.45, 2.75) is 38.1 Å². The fourth-order valence-corrected chi connectivity index (χ4v) is 5.52. The Bertz CT molecular complexity index is 1640. The second-order valence-electron chi connectivity index (χ2n) is 10.2. The summed E-state index contributed by atoms with van der Waals surface area (Å²) in [6.07, 6.45) is -4.45. The molecular weight excluding hydrogens is 522 g/mol. The molecule has 40 heavy (non-hydrogen) atoms. The van der Waals surface area contributed by atoms with Gasteiger partial charge in [-0.2, -0.15) is 18.4 Å². The van der Waals surface area contributed by atoms with Crippen LogP contribution in [0, 0.1) is 17.1 Å². The number of piperazine rings is 1. The van der Waals surface area contributed by atoms with Gasteiger partial charge in [-0.05, 0) is 61.4 Å². The van der Waals surface area contributed by atoms with Crippen molar-refractivity contribution in [1.82, 2.24) is 14.5 Å². The molecule has 0 aliphatic carbocycles. The Balaban J connectivity index is 1.54. The predicted octanol–water partition coefficient (Wildman–Crippen LogP) is 5.65. The summed E-state index contributed by atoms with van der Waals surface area (Å²) in [5.74, 6) is -0.400. The van der Waals surface area contributed by atoms with Gasteiger partial charge in [0.15, 0.2) is 0 Å². The number of rotatable bonds is 4. The maximum atomic E-state index is 13.8. The number of alkyl halides is 3. The third-order valence-corrected chi connectivity index (χ3v) is 7.60. The average Bonchev–Trinajstić information content (AvgIpc) is 2.93. The van der Waals surface area contributed by atoms with E-state index in [1.165, 1.54) is 34.9 Å². The Morgan fingerprint density at radius 3 is 2.17 bits per heavy atom. The lowest BCUT2D eigenvalue weighted by Gasteiger charge is -2.48. The largest absolute Gasteiger partial charge is 0.416 e. The summed E-state index contributed by atoms with van der Waals surface area (Å²) in [7, 11) is 1.66. The molecule has 1 aliphatic heterocycles. The number of aromatic nitrogens is 2. The third kappa shape index (κ3) is 5.05. The highest BCUT2D eigenvalue weighted by Crippen LogP contribution is 2.37. The number of nitriles is 1. The van der Waals surface area contributed by atoms with Crippen molar-refractivity contribution >= 4 is 16.7 Å². The van der Waals surface area contributed by atoms with Gasteiger partial charge >= 0.3 is 6.18 Å². The number of hydrogen-bond donors (Lipinski definition) is 0. The quantitative estimate of drug-likeness (QED) is 0.308. The van der Waals surface area contributed by atoms with Crippen LogP contribution in [0.1, 0.15) is 42.3 Å². The fraction of sp³-hybridized carbons (Fsp3) is 0.300. The molecule has 6 nitrogen and oxygen atoms in total. The van der Waals surface area contributed by atoms with Gasteiger partial charge in [-0.15, -0.1) is 0 Å². The molecule has 3 heterocycles. The van der Waals surface area contributed by atoms with Gasteiger partial charge in [-0.1, -0.05) is 24.3 Å². The molecule has 2 aromatic heterocycles. The first-order chi connectivity index (χ1) is 19.0. The number of anilines is 1. The highest BCUT2D eigenvalue weighted by molar-refractivity contribution is 5.89. The SMILES string of the molecule is C[C@@H]1CN(c2cc(=O)n(C)c3ccc(C#N)nc23)[C@@H](C)CN1C(c1ccc(F)cc1)c1ccc(C(F)(F)F)cc1. The van der Waals surface area contributed by atoms with Crippen LogP contribution in [0.3, 0.4) is 0 Å². The zero-order valence-electron chi connectivity index (χ0n) is 22.2. The molecule has 0 bridgehead atoms. The van der Waals surface area contributed by atoms with Crippen LogP contribution in [0.5, 0.6) is 0 Å². The van der Waals surface area contributed by atoms with E-state index in [1.807, 2.05) is 13.8 Å². The first-order valence-corrected chi connectivity index (χ1v) is 12.8. The molecule has 0 spiro atoms. The molecule has 0 radical (unpaired) electrons. The lowest BCUT2D eigenvalue weighted by atomic mass is 9.92. The van der Waals surface area contributed by atoms with Crippen molar-refractivity contribution in [3.8, 4) is 6.07 Å². The second kappa shape index (κ2) is 10.4. The number of halogens is 4. The van der Waals surface area contributed by atoms with Crippen molar-refractivity contribution in [2.75, 3.05) is 18.0 Å². The van der Waals surface area contributed by atoms with E-state index in [-0.39, 0.29) is 23.3 Å². The number of fused-ring (bicyclic) bond motifs is 1. The lowest BCUT2D eigenvalue weighted by Crippen LogP contribution is -2.57. The maximum absolute atomic E-state index is 13.8. The zero-order valence-corrected chi connectivity index (χ0v) is 22.2. The fourth-order valence-electron chi connectivity index (χ4n) is 5.52. The molecular formula is C30H27F4N5O. The molecule has 3 atom stereocenters. The Morgan fingerprint density at radius 1 is 0.950 bits per heavy atom. The van der Waals surface area contributed by atoms with Crippen LogP contribution in [0.15, 0.2) is 71.5 Å². The van der Waals surface area contributed by atoms with Gasteiger partial charge in [-0.3, -0.25) is 9.69 Å². The van der Waals surface area contributed by atoms with Crippen LogP contribution in [-0.4, -0.2) is 39.6 Å². The molecule has 4 aromatic rings. The molecule has 2 aromatic carbocycles. The summed E-state index contributed by atoms with van der Waals surface area (Å²) in [5, 5.41) is 9.42. The van der Waals surface area contributed by atoms with E-state index in [0.29, 0.717) is 35.4 Å². The maximum Gasteiger partial charge on any atom is 0.416 e. The molecule has 5 rings (SSSR count). The number of pyridine rings is 2. The monoisotopic (exact) mass is 549 g/mol. The first-order valence-electron chi connectivity index (χ1n) is 12.8. The molecule has 1 saturated heterocycles.